The fourth-order valence-electron chi connectivity index (χ4n) is 3.27. The molecule has 55 heavy (non-hydrogen) atoms. The molecule has 12 heteroatoms. The highest BCUT2D eigenvalue weighted by Crippen LogP contribution is 2.34. The Balaban J connectivity index is -0.000000681. The number of nitrogens with one attached hydrogen (secondary N) is 1. The van der Waals surface area contributed by atoms with Crippen molar-refractivity contribution in [3.8, 4) is 11.3 Å². The molecule has 1 fully saturated rings. The van der Waals surface area contributed by atoms with Crippen LogP contribution in [0.3, 0.4) is 0 Å². The Morgan fingerprint density at radius 2 is 1.73 bits per heavy atom. The van der Waals surface area contributed by atoms with E-state index in [1.807, 2.05) is 51.2 Å². The second-order valence-electron chi connectivity index (χ2n) is 11.6. The highest BCUT2D eigenvalue weighted by atomic mass is 35.5. The van der Waals surface area contributed by atoms with Crippen molar-refractivity contribution < 1.29 is 19.1 Å². The molecular formula is C43H62ClN3O4S4. The van der Waals surface area contributed by atoms with Crippen LogP contribution in [0, 0.1) is 5.92 Å². The first-order chi connectivity index (χ1) is 26.1. The number of amides is 1. The number of halogens is 1. The number of aliphatic imine (C=N–C) groups is 1. The van der Waals surface area contributed by atoms with Crippen molar-refractivity contribution in [2.45, 2.75) is 74.7 Å². The van der Waals surface area contributed by atoms with Gasteiger partial charge in [0.15, 0.2) is 6.29 Å². The third-order valence-electron chi connectivity index (χ3n) is 6.72. The van der Waals surface area contributed by atoms with Gasteiger partial charge in [0.2, 0.25) is 0 Å². The first-order valence-electron chi connectivity index (χ1n) is 17.7. The maximum absolute atomic E-state index is 11.9. The molecule has 3 rings (SSSR count). The molecule has 0 atom stereocenters. The number of carbonyl (C=O) groups is 2. The van der Waals surface area contributed by atoms with Crippen molar-refractivity contribution in [1.29, 1.82) is 0 Å². The normalized spacial score (nSPS) is 13.4. The maximum Gasteiger partial charge on any atom is 0.266 e. The topological polar surface area (TPSA) is 95.1 Å². The lowest BCUT2D eigenvalue weighted by Crippen LogP contribution is -2.22. The molecule has 1 amide bonds. The summed E-state index contributed by atoms with van der Waals surface area (Å²) in [6, 6.07) is 11.1. The van der Waals surface area contributed by atoms with E-state index in [1.54, 1.807) is 38.4 Å². The second-order valence-corrected chi connectivity index (χ2v) is 15.2. The van der Waals surface area contributed by atoms with E-state index in [-0.39, 0.29) is 17.6 Å². The number of aldehydes is 1. The minimum atomic E-state index is -0.110. The number of hydrogen-bond acceptors (Lipinski definition) is 10. The minimum Gasteiger partial charge on any atom is -0.508 e. The van der Waals surface area contributed by atoms with Crippen molar-refractivity contribution in [1.82, 2.24) is 10.2 Å². The van der Waals surface area contributed by atoms with Crippen LogP contribution < -0.4 is 5.32 Å². The minimum absolute atomic E-state index is 0.0986. The molecule has 304 valence electrons. The van der Waals surface area contributed by atoms with Crippen LogP contribution >= 0.6 is 59.6 Å². The van der Waals surface area contributed by atoms with Crippen LogP contribution in [0.4, 0.5) is 0 Å². The fourth-order valence-corrected chi connectivity index (χ4v) is 5.35. The van der Waals surface area contributed by atoms with Crippen molar-refractivity contribution in [3.05, 3.63) is 111 Å². The van der Waals surface area contributed by atoms with E-state index in [2.05, 4.69) is 89.5 Å². The number of thioether (sulfide) groups is 2. The van der Waals surface area contributed by atoms with Gasteiger partial charge in [0.25, 0.3) is 5.91 Å². The number of benzene rings is 1. The number of aliphatic hydroxyl groups is 1. The average Bonchev–Trinajstić information content (AvgIpc) is 3.73. The first kappa shape index (κ1) is 56.0. The fraction of sp³-hybridized carbons (Fsp3) is 0.372. The quantitative estimate of drug-likeness (QED) is 0.0412. The predicted octanol–water partition coefficient (Wildman–Crippen LogP) is 13.1. The number of hydrogen-bond donors (Lipinski definition) is 2. The van der Waals surface area contributed by atoms with Gasteiger partial charge in [-0.05, 0) is 110 Å². The highest BCUT2D eigenvalue weighted by Gasteiger charge is 2.29. The van der Waals surface area contributed by atoms with Crippen molar-refractivity contribution >= 4 is 93.6 Å². The molecule has 0 spiro atoms. The number of likely N-dealkylation sites (N-methyl/N-ethyl adjacent to an activating group) is 1. The lowest BCUT2D eigenvalue weighted by Gasteiger charge is -2.03. The largest absolute Gasteiger partial charge is 0.508 e. The van der Waals surface area contributed by atoms with Gasteiger partial charge < -0.3 is 19.8 Å². The molecule has 0 aliphatic carbocycles. The van der Waals surface area contributed by atoms with Crippen molar-refractivity contribution in [2.75, 3.05) is 27.7 Å². The van der Waals surface area contributed by atoms with Gasteiger partial charge in [-0.3, -0.25) is 14.5 Å². The lowest BCUT2D eigenvalue weighted by molar-refractivity contribution is -0.121. The Hall–Kier alpha value is -3.32. The summed E-state index contributed by atoms with van der Waals surface area (Å²) in [5, 5.41) is 13.0. The molecule has 7 nitrogen and oxygen atoms in total. The van der Waals surface area contributed by atoms with Gasteiger partial charge in [-0.1, -0.05) is 129 Å². The summed E-state index contributed by atoms with van der Waals surface area (Å²) in [6.07, 6.45) is 15.0. The van der Waals surface area contributed by atoms with E-state index < -0.39 is 0 Å². The van der Waals surface area contributed by atoms with Crippen LogP contribution in [-0.2, 0) is 9.59 Å². The first-order valence-corrected chi connectivity index (χ1v) is 20.6. The van der Waals surface area contributed by atoms with E-state index in [4.69, 9.17) is 28.2 Å². The summed E-state index contributed by atoms with van der Waals surface area (Å²) < 4.78 is 7.67. The molecule has 0 bridgehead atoms. The van der Waals surface area contributed by atoms with E-state index in [9.17, 15) is 14.7 Å². The molecule has 0 radical (unpaired) electrons. The van der Waals surface area contributed by atoms with Gasteiger partial charge in [-0.2, -0.15) is 0 Å². The second kappa shape index (κ2) is 36.3. The summed E-state index contributed by atoms with van der Waals surface area (Å²) in [6.45, 7) is 24.2. The smallest absolute Gasteiger partial charge is 0.266 e. The number of furan rings is 1. The Bertz CT molecular complexity index is 1610. The number of rotatable bonds is 12. The molecule has 1 aliphatic rings. The summed E-state index contributed by atoms with van der Waals surface area (Å²) in [5.74, 6) is 1.50. The van der Waals surface area contributed by atoms with Gasteiger partial charge in [-0.25, -0.2) is 0 Å². The molecule has 0 unspecified atom stereocenters. The van der Waals surface area contributed by atoms with Crippen molar-refractivity contribution in [2.24, 2.45) is 10.9 Å². The van der Waals surface area contributed by atoms with Crippen LogP contribution in [-0.4, -0.2) is 65.6 Å². The highest BCUT2D eigenvalue weighted by molar-refractivity contribution is 8.26. The predicted molar refractivity (Wildman–Crippen MR) is 255 cm³/mol. The third kappa shape index (κ3) is 28.7. The lowest BCUT2D eigenvalue weighted by atomic mass is 10.2. The van der Waals surface area contributed by atoms with E-state index in [1.165, 1.54) is 51.4 Å². The van der Waals surface area contributed by atoms with E-state index >= 15 is 0 Å². The zero-order chi connectivity index (χ0) is 42.8. The molecule has 2 N–H and O–H groups in total. The van der Waals surface area contributed by atoms with Crippen molar-refractivity contribution in [3.63, 3.8) is 0 Å². The van der Waals surface area contributed by atoms with Gasteiger partial charge in [0.05, 0.1) is 14.8 Å². The molecule has 1 aromatic carbocycles. The standard InChI is InChI=1S/C15H10ClNO2S2.C9H12O2S2.C7H15N.C6H12.C4H8.C2H5N/c1-17-14(18)13(21-15(17)20)8-9-6-7-12(19-9)10-4-2-3-5-11(10)16;1-7(2)3-8(11)4-9(5-10)13-6-12;1-4-7(2)5-6-8-3;1-4-6(3)5-2;1-3-4-2;1-3-2/h2-8H,1H3;3-7,11H,1-2H3;4,8H,5-6H2,1-3H3;4H,5H2,1-3H3;3H,1,4H2,2H3;1H2,2H3/b13-8-;8-3-,9-4-;7-4+;6-4+;;. The summed E-state index contributed by atoms with van der Waals surface area (Å²) in [7, 11) is 5.28. The third-order valence-corrected chi connectivity index (χ3v) is 9.41. The molecule has 2 aromatic rings. The maximum atomic E-state index is 11.9. The summed E-state index contributed by atoms with van der Waals surface area (Å²) in [5.41, 5.74) is 3.75. The molecular weight excluding hydrogens is 786 g/mol. The van der Waals surface area contributed by atoms with Crippen LogP contribution in [0.5, 0.6) is 0 Å². The molecule has 2 heterocycles. The molecule has 1 saturated heterocycles. The van der Waals surface area contributed by atoms with Crippen LogP contribution in [0.25, 0.3) is 17.4 Å². The summed E-state index contributed by atoms with van der Waals surface area (Å²) >= 11 is 18.2. The van der Waals surface area contributed by atoms with Gasteiger partial charge in [-0.15, -0.1) is 6.58 Å². The Morgan fingerprint density at radius 3 is 2.13 bits per heavy atom. The van der Waals surface area contributed by atoms with Crippen LogP contribution in [0.1, 0.15) is 80.4 Å². The molecule has 0 saturated carbocycles. The van der Waals surface area contributed by atoms with Gasteiger partial charge in [0.1, 0.15) is 21.6 Å². The van der Waals surface area contributed by atoms with Gasteiger partial charge >= 0.3 is 0 Å². The van der Waals surface area contributed by atoms with E-state index in [0.29, 0.717) is 37.0 Å². The van der Waals surface area contributed by atoms with Crippen LogP contribution in [0.15, 0.2) is 109 Å². The number of carbonyl (C=O) groups excluding carboxylic acids is 2. The zero-order valence-corrected chi connectivity index (χ0v) is 38.5. The molecule has 1 aromatic heterocycles. The zero-order valence-electron chi connectivity index (χ0n) is 34.5. The average molecular weight is 849 g/mol. The Morgan fingerprint density at radius 1 is 1.15 bits per heavy atom. The number of nitrogens with zero attached hydrogens (tertiary/aromatic N) is 2. The molecule has 1 aliphatic heterocycles. The number of thiocarbonyl (C=S) groups is 2. The summed E-state index contributed by atoms with van der Waals surface area (Å²) in [4.78, 5) is 28.0. The van der Waals surface area contributed by atoms with Crippen LogP contribution in [0.2, 0.25) is 5.02 Å². The van der Waals surface area contributed by atoms with Gasteiger partial charge in [0, 0.05) is 30.4 Å². The number of aliphatic hydroxyl groups excluding tert-OH is 1. The number of allylic oxidation sites excluding steroid dienone is 7. The Labute approximate surface area is 356 Å². The van der Waals surface area contributed by atoms with E-state index in [0.717, 1.165) is 30.3 Å². The SMILES string of the molecule is C/C=C(\C)CC.C/C=C(\C)CCNC.C=CCC.C=NC.CC(C)/C=C(O)/C=C(/C=O)SC=S.CN1C(=O)/C(=C/c2ccc(-c3ccccc3Cl)o2)SC1=S. The monoisotopic (exact) mass is 847 g/mol. The Kier molecular flexibility index (Phi) is 37.0.